The fourth-order valence-electron chi connectivity index (χ4n) is 6.14. The van der Waals surface area contributed by atoms with Gasteiger partial charge < -0.3 is 9.80 Å². The Kier molecular flexibility index (Phi) is 4.76. The van der Waals surface area contributed by atoms with Crippen LogP contribution in [0.5, 0.6) is 0 Å². The molecule has 3 aromatic carbocycles. The van der Waals surface area contributed by atoms with Crippen molar-refractivity contribution in [3.63, 3.8) is 0 Å². The largest absolute Gasteiger partial charge is 0.353 e. The van der Waals surface area contributed by atoms with Crippen LogP contribution in [0.3, 0.4) is 0 Å². The Bertz CT molecular complexity index is 1390. The first-order chi connectivity index (χ1) is 16.5. The molecule has 3 heterocycles. The molecule has 0 N–H and O–H groups in total. The van der Waals surface area contributed by atoms with Gasteiger partial charge in [0.05, 0.1) is 0 Å². The number of aryl methyl sites for hydroxylation is 1. The Morgan fingerprint density at radius 3 is 2.59 bits per heavy atom. The molecule has 5 heteroatoms. The van der Waals surface area contributed by atoms with Gasteiger partial charge in [-0.3, -0.25) is 4.79 Å². The number of benzene rings is 3. The molecular weight excluding hydrogens is 420 g/mol. The number of anilines is 1. The van der Waals surface area contributed by atoms with Gasteiger partial charge in [-0.25, -0.2) is 9.13 Å². The molecule has 0 spiro atoms. The van der Waals surface area contributed by atoms with E-state index in [0.29, 0.717) is 6.54 Å². The number of carbonyl (C=O) groups excluding carboxylic acids is 1. The summed E-state index contributed by atoms with van der Waals surface area (Å²) >= 11 is 0. The Morgan fingerprint density at radius 2 is 1.76 bits per heavy atom. The lowest BCUT2D eigenvalue weighted by molar-refractivity contribution is -0.663. The average Bonchev–Trinajstić information content (AvgIpc) is 3.45. The summed E-state index contributed by atoms with van der Waals surface area (Å²) in [5.41, 5.74) is 7.34. The smallest absolute Gasteiger partial charge is 0.266 e. The zero-order valence-corrected chi connectivity index (χ0v) is 20.1. The van der Waals surface area contributed by atoms with Gasteiger partial charge in [0, 0.05) is 24.7 Å². The van der Waals surface area contributed by atoms with Gasteiger partial charge >= 0.3 is 0 Å². The second-order valence-electron chi connectivity index (χ2n) is 10.1. The van der Waals surface area contributed by atoms with E-state index in [-0.39, 0.29) is 17.5 Å². The topological polar surface area (TPSA) is 32.4 Å². The summed E-state index contributed by atoms with van der Waals surface area (Å²) in [4.78, 5) is 18.1. The zero-order valence-electron chi connectivity index (χ0n) is 20.1. The summed E-state index contributed by atoms with van der Waals surface area (Å²) < 4.78 is 4.36. The first-order valence-electron chi connectivity index (χ1n) is 12.1. The second kappa shape index (κ2) is 7.73. The summed E-state index contributed by atoms with van der Waals surface area (Å²) in [5, 5.41) is 0. The minimum atomic E-state index is -0.0227. The average molecular weight is 452 g/mol. The SMILES string of the molecule is Cc1ccc(C[n+]2cn(CC(=O)N3CCC4(C)c5ccccc5N(C)C34)c3ccccc32)cc1. The number of nitrogens with zero attached hydrogens (tertiary/aromatic N) is 4. The Hall–Kier alpha value is -3.60. The van der Waals surface area contributed by atoms with Gasteiger partial charge in [0.2, 0.25) is 6.33 Å². The molecule has 0 aliphatic carbocycles. The van der Waals surface area contributed by atoms with Crippen molar-refractivity contribution in [2.75, 3.05) is 18.5 Å². The van der Waals surface area contributed by atoms with Gasteiger partial charge in [-0.15, -0.1) is 0 Å². The van der Waals surface area contributed by atoms with Crippen LogP contribution in [0.1, 0.15) is 30.0 Å². The van der Waals surface area contributed by atoms with Crippen LogP contribution in [0.2, 0.25) is 0 Å². The van der Waals surface area contributed by atoms with Gasteiger partial charge in [0.1, 0.15) is 12.7 Å². The van der Waals surface area contributed by atoms with Crippen molar-refractivity contribution >= 4 is 22.6 Å². The van der Waals surface area contributed by atoms with Gasteiger partial charge in [0.25, 0.3) is 5.91 Å². The molecule has 0 bridgehead atoms. The van der Waals surface area contributed by atoms with E-state index >= 15 is 0 Å². The molecular formula is C29H31N4O+. The van der Waals surface area contributed by atoms with Crippen molar-refractivity contribution in [1.82, 2.24) is 9.47 Å². The van der Waals surface area contributed by atoms with Crippen LogP contribution < -0.4 is 9.47 Å². The molecule has 1 amide bonds. The van der Waals surface area contributed by atoms with E-state index in [1.165, 1.54) is 22.4 Å². The van der Waals surface area contributed by atoms with Crippen molar-refractivity contribution in [1.29, 1.82) is 0 Å². The standard InChI is InChI=1S/C29H31N4O/c1-21-12-14-22(15-13-21)18-31-20-32(26-11-7-6-10-25(26)31)19-27(34)33-17-16-29(2)23-8-4-5-9-24(23)30(3)28(29)33/h4-15,20,28H,16-19H2,1-3H3/q+1. The first kappa shape index (κ1) is 21.0. The Morgan fingerprint density at radius 1 is 1.03 bits per heavy atom. The molecule has 1 fully saturated rings. The maximum atomic E-state index is 13.7. The molecule has 0 radical (unpaired) electrons. The minimum absolute atomic E-state index is 0.0227. The van der Waals surface area contributed by atoms with Gasteiger partial charge in [0.15, 0.2) is 17.6 Å². The highest BCUT2D eigenvalue weighted by Gasteiger charge is 2.54. The molecule has 34 heavy (non-hydrogen) atoms. The van der Waals surface area contributed by atoms with Crippen LogP contribution in [0.25, 0.3) is 11.0 Å². The number of carbonyl (C=O) groups is 1. The number of para-hydroxylation sites is 3. The first-order valence-corrected chi connectivity index (χ1v) is 12.1. The van der Waals surface area contributed by atoms with Crippen LogP contribution in [-0.2, 0) is 23.3 Å². The molecule has 5 nitrogen and oxygen atoms in total. The van der Waals surface area contributed by atoms with Crippen LogP contribution in [-0.4, -0.2) is 35.1 Å². The molecule has 2 atom stereocenters. The fraction of sp³-hybridized carbons (Fsp3) is 0.310. The highest BCUT2D eigenvalue weighted by Crippen LogP contribution is 2.51. The van der Waals surface area contributed by atoms with Crippen molar-refractivity contribution in [2.24, 2.45) is 0 Å². The van der Waals surface area contributed by atoms with E-state index in [0.717, 1.165) is 30.5 Å². The normalized spacial score (nSPS) is 21.2. The number of hydrogen-bond acceptors (Lipinski definition) is 2. The van der Waals surface area contributed by atoms with Crippen LogP contribution >= 0.6 is 0 Å². The lowest BCUT2D eigenvalue weighted by Crippen LogP contribution is -2.50. The Balaban J connectivity index is 1.29. The third-order valence-electron chi connectivity index (χ3n) is 7.88. The molecule has 1 aromatic heterocycles. The molecule has 0 saturated carbocycles. The molecule has 2 aliphatic rings. The number of likely N-dealkylation sites (N-methyl/N-ethyl adjacent to an activating group) is 1. The maximum absolute atomic E-state index is 13.7. The van der Waals surface area contributed by atoms with Crippen molar-refractivity contribution in [2.45, 2.75) is 44.9 Å². The van der Waals surface area contributed by atoms with E-state index in [2.05, 4.69) is 113 Å². The second-order valence-corrected chi connectivity index (χ2v) is 10.1. The number of amides is 1. The van der Waals surface area contributed by atoms with Gasteiger partial charge in [-0.1, -0.05) is 67.1 Å². The summed E-state index contributed by atoms with van der Waals surface area (Å²) in [6.07, 6.45) is 3.16. The fourth-order valence-corrected chi connectivity index (χ4v) is 6.14. The van der Waals surface area contributed by atoms with E-state index in [1.54, 1.807) is 0 Å². The van der Waals surface area contributed by atoms with E-state index in [9.17, 15) is 4.79 Å². The summed E-state index contributed by atoms with van der Waals surface area (Å²) in [6, 6.07) is 25.6. The highest BCUT2D eigenvalue weighted by molar-refractivity contribution is 5.81. The molecule has 2 aliphatic heterocycles. The van der Waals surface area contributed by atoms with E-state index in [4.69, 9.17) is 0 Å². The van der Waals surface area contributed by atoms with Gasteiger partial charge in [-0.05, 0) is 42.7 Å². The Labute approximate surface area is 200 Å². The van der Waals surface area contributed by atoms with Crippen LogP contribution in [0.4, 0.5) is 5.69 Å². The number of rotatable bonds is 4. The van der Waals surface area contributed by atoms with Gasteiger partial charge in [-0.2, -0.15) is 0 Å². The molecule has 6 rings (SSSR count). The van der Waals surface area contributed by atoms with E-state index < -0.39 is 0 Å². The highest BCUT2D eigenvalue weighted by atomic mass is 16.2. The maximum Gasteiger partial charge on any atom is 0.266 e. The van der Waals surface area contributed by atoms with E-state index in [1.807, 2.05) is 6.07 Å². The third kappa shape index (κ3) is 3.14. The quantitative estimate of drug-likeness (QED) is 0.435. The number of hydrogen-bond donors (Lipinski definition) is 0. The molecule has 4 aromatic rings. The number of aromatic nitrogens is 2. The third-order valence-corrected chi connectivity index (χ3v) is 7.88. The number of imidazole rings is 1. The molecule has 172 valence electrons. The van der Waals surface area contributed by atoms with Crippen molar-refractivity contribution < 1.29 is 9.36 Å². The predicted octanol–water partition coefficient (Wildman–Crippen LogP) is 4.25. The minimum Gasteiger partial charge on any atom is -0.353 e. The zero-order chi connectivity index (χ0) is 23.4. The lowest BCUT2D eigenvalue weighted by Gasteiger charge is -2.34. The monoisotopic (exact) mass is 451 g/mol. The van der Waals surface area contributed by atoms with Crippen LogP contribution in [0.15, 0.2) is 79.1 Å². The van der Waals surface area contributed by atoms with Crippen molar-refractivity contribution in [3.05, 3.63) is 95.8 Å². The lowest BCUT2D eigenvalue weighted by atomic mass is 9.81. The van der Waals surface area contributed by atoms with Crippen molar-refractivity contribution in [3.8, 4) is 0 Å². The predicted molar refractivity (Wildman–Crippen MR) is 135 cm³/mol. The summed E-state index contributed by atoms with van der Waals surface area (Å²) in [7, 11) is 2.13. The van der Waals surface area contributed by atoms with Crippen LogP contribution in [0, 0.1) is 6.92 Å². The molecule has 2 unspecified atom stereocenters. The summed E-state index contributed by atoms with van der Waals surface area (Å²) in [5.74, 6) is 0.177. The number of likely N-dealkylation sites (tertiary alicyclic amines) is 1. The number of fused-ring (bicyclic) bond motifs is 4. The summed E-state index contributed by atoms with van der Waals surface area (Å²) in [6.45, 7) is 6.34. The molecule has 1 saturated heterocycles.